The number of rotatable bonds is 5. The Hall–Kier alpha value is -0.100. The van der Waals surface area contributed by atoms with Gasteiger partial charge in [0.05, 0.1) is 12.5 Å². The maximum atomic E-state index is 12.1. The first-order chi connectivity index (χ1) is 10.1. The topological polar surface area (TPSA) is 26.3 Å². The number of hydrogen-bond donors (Lipinski definition) is 0. The van der Waals surface area contributed by atoms with Crippen molar-refractivity contribution in [1.82, 2.24) is 0 Å². The Morgan fingerprint density at radius 3 is 2.10 bits per heavy atom. The molecule has 0 amide bonds. The van der Waals surface area contributed by atoms with Crippen LogP contribution in [0, 0.1) is 29.6 Å². The molecule has 0 aromatic heterocycles. The molecule has 2 aliphatic carbocycles. The second-order valence-corrected chi connectivity index (χ2v) is 8.07. The quantitative estimate of drug-likeness (QED) is 0.544. The molecule has 2 saturated carbocycles. The Kier molecular flexibility index (Phi) is 6.99. The lowest BCUT2D eigenvalue weighted by Gasteiger charge is -2.36. The minimum atomic E-state index is 0.0658. The van der Waals surface area contributed by atoms with Crippen molar-refractivity contribution in [3.63, 3.8) is 0 Å². The lowest BCUT2D eigenvalue weighted by molar-refractivity contribution is -0.151. The van der Waals surface area contributed by atoms with E-state index in [1.165, 1.54) is 38.5 Å². The van der Waals surface area contributed by atoms with Gasteiger partial charge in [-0.05, 0) is 68.4 Å². The summed E-state index contributed by atoms with van der Waals surface area (Å²) in [5, 5.41) is 0. The molecule has 0 aromatic rings. The van der Waals surface area contributed by atoms with Gasteiger partial charge in [-0.1, -0.05) is 26.7 Å². The van der Waals surface area contributed by atoms with E-state index in [1.807, 2.05) is 0 Å². The third-order valence-electron chi connectivity index (χ3n) is 5.74. The fraction of sp³-hybridized carbons (Fsp3) is 0.944. The molecule has 0 spiro atoms. The van der Waals surface area contributed by atoms with Gasteiger partial charge in [0, 0.05) is 0 Å². The van der Waals surface area contributed by atoms with Crippen LogP contribution in [0.4, 0.5) is 0 Å². The van der Waals surface area contributed by atoms with E-state index < -0.39 is 0 Å². The normalized spacial score (nSPS) is 35.2. The molecular weight excluding hydrogens is 279 g/mol. The first kappa shape index (κ1) is 17.3. The summed E-state index contributed by atoms with van der Waals surface area (Å²) in [7, 11) is 2.72. The van der Waals surface area contributed by atoms with Crippen LogP contribution in [-0.4, -0.2) is 18.7 Å². The summed E-state index contributed by atoms with van der Waals surface area (Å²) < 4.78 is 5.48. The van der Waals surface area contributed by atoms with Gasteiger partial charge >= 0.3 is 5.97 Å². The van der Waals surface area contributed by atoms with Crippen LogP contribution in [0.25, 0.3) is 0 Å². The van der Waals surface area contributed by atoms with E-state index in [9.17, 15) is 4.79 Å². The summed E-state index contributed by atoms with van der Waals surface area (Å²) in [6, 6.07) is 0. The monoisotopic (exact) mass is 312 g/mol. The molecule has 1 unspecified atom stereocenters. The van der Waals surface area contributed by atoms with E-state index >= 15 is 0 Å². The van der Waals surface area contributed by atoms with Gasteiger partial charge < -0.3 is 4.74 Å². The zero-order valence-corrected chi connectivity index (χ0v) is 15.0. The summed E-state index contributed by atoms with van der Waals surface area (Å²) in [5.74, 6) is 3.46. The molecule has 0 bridgehead atoms. The summed E-state index contributed by atoms with van der Waals surface area (Å²) >= 11 is 0. The smallest absolute Gasteiger partial charge is 0.308 e. The molecule has 0 aromatic carbocycles. The number of carbonyl (C=O) groups excluding carboxylic acids is 1. The van der Waals surface area contributed by atoms with Crippen LogP contribution in [-0.2, 0) is 9.53 Å². The Balaban J connectivity index is 1.69. The third-order valence-corrected chi connectivity index (χ3v) is 6.55. The van der Waals surface area contributed by atoms with Crippen LogP contribution in [0.1, 0.15) is 65.2 Å². The first-order valence-electron chi connectivity index (χ1n) is 8.96. The van der Waals surface area contributed by atoms with Gasteiger partial charge in [0.2, 0.25) is 0 Å². The average molecular weight is 312 g/mol. The third kappa shape index (κ3) is 5.23. The minimum absolute atomic E-state index is 0.0658. The molecule has 0 saturated heterocycles. The van der Waals surface area contributed by atoms with Crippen LogP contribution < -0.4 is 0 Å². The predicted octanol–water partition coefficient (Wildman–Crippen LogP) is 4.67. The van der Waals surface area contributed by atoms with Gasteiger partial charge in [0.25, 0.3) is 0 Å². The summed E-state index contributed by atoms with van der Waals surface area (Å²) in [5.41, 5.74) is 0. The fourth-order valence-corrected chi connectivity index (χ4v) is 4.13. The maximum Gasteiger partial charge on any atom is 0.308 e. The molecule has 2 atom stereocenters. The lowest BCUT2D eigenvalue weighted by atomic mass is 9.69. The van der Waals surface area contributed by atoms with Crippen LogP contribution in [0.3, 0.4) is 0 Å². The largest absolute Gasteiger partial charge is 0.465 e. The molecule has 2 aliphatic rings. The van der Waals surface area contributed by atoms with Crippen molar-refractivity contribution in [2.24, 2.45) is 29.6 Å². The van der Waals surface area contributed by atoms with Crippen molar-refractivity contribution in [2.45, 2.75) is 65.2 Å². The SMILES string of the molecule is CC1CCC(C2CCC(C(=O)OC[C@H](C)CP)CC2)CC1. The molecule has 3 heteroatoms. The summed E-state index contributed by atoms with van der Waals surface area (Å²) in [6.07, 6.45) is 11.3. The predicted molar refractivity (Wildman–Crippen MR) is 91.3 cm³/mol. The molecule has 122 valence electrons. The minimum Gasteiger partial charge on any atom is -0.465 e. The van der Waals surface area contributed by atoms with Crippen molar-refractivity contribution in [3.05, 3.63) is 0 Å². The highest BCUT2D eigenvalue weighted by Gasteiger charge is 2.32. The summed E-state index contributed by atoms with van der Waals surface area (Å²) in [6.45, 7) is 5.10. The lowest BCUT2D eigenvalue weighted by Crippen LogP contribution is -2.29. The van der Waals surface area contributed by atoms with Crippen molar-refractivity contribution in [2.75, 3.05) is 12.8 Å². The highest BCUT2D eigenvalue weighted by atomic mass is 31.0. The van der Waals surface area contributed by atoms with Crippen molar-refractivity contribution >= 4 is 15.2 Å². The van der Waals surface area contributed by atoms with Crippen LogP contribution in [0.5, 0.6) is 0 Å². The molecule has 0 aliphatic heterocycles. The molecule has 0 N–H and O–H groups in total. The van der Waals surface area contributed by atoms with Gasteiger partial charge in [-0.15, -0.1) is 9.24 Å². The molecule has 21 heavy (non-hydrogen) atoms. The Labute approximate surface area is 133 Å². The van der Waals surface area contributed by atoms with E-state index in [0.29, 0.717) is 12.5 Å². The standard InChI is InChI=1S/C18H33O2P/c1-13-3-5-15(6-4-13)16-7-9-17(10-8-16)18(19)20-11-14(2)12-21/h13-17H,3-12,21H2,1-2H3/t13?,14-,15?,16?,17?/m0/s1. The van der Waals surface area contributed by atoms with Crippen LogP contribution >= 0.6 is 9.24 Å². The zero-order valence-electron chi connectivity index (χ0n) is 13.9. The van der Waals surface area contributed by atoms with Crippen molar-refractivity contribution < 1.29 is 9.53 Å². The van der Waals surface area contributed by atoms with Crippen molar-refractivity contribution in [1.29, 1.82) is 0 Å². The highest BCUT2D eigenvalue weighted by molar-refractivity contribution is 7.16. The van der Waals surface area contributed by atoms with Crippen LogP contribution in [0.15, 0.2) is 0 Å². The van der Waals surface area contributed by atoms with E-state index in [2.05, 4.69) is 23.1 Å². The molecular formula is C18H33O2P. The number of carbonyl (C=O) groups is 1. The molecule has 0 radical (unpaired) electrons. The number of esters is 1. The van der Waals surface area contributed by atoms with Gasteiger partial charge in [0.1, 0.15) is 0 Å². The van der Waals surface area contributed by atoms with Gasteiger partial charge in [-0.2, -0.15) is 0 Å². The maximum absolute atomic E-state index is 12.1. The summed E-state index contributed by atoms with van der Waals surface area (Å²) in [4.78, 5) is 12.1. The number of ether oxygens (including phenoxy) is 1. The van der Waals surface area contributed by atoms with Gasteiger partial charge in [-0.3, -0.25) is 4.79 Å². The Bertz CT molecular complexity index is 315. The van der Waals surface area contributed by atoms with Crippen molar-refractivity contribution in [3.8, 4) is 0 Å². The Morgan fingerprint density at radius 2 is 1.57 bits per heavy atom. The first-order valence-corrected chi connectivity index (χ1v) is 9.78. The van der Waals surface area contributed by atoms with E-state index in [4.69, 9.17) is 4.74 Å². The average Bonchev–Trinajstić information content (AvgIpc) is 2.53. The molecule has 2 nitrogen and oxygen atoms in total. The van der Waals surface area contributed by atoms with E-state index in [-0.39, 0.29) is 11.9 Å². The van der Waals surface area contributed by atoms with E-state index in [1.54, 1.807) is 0 Å². The molecule has 2 fully saturated rings. The Morgan fingerprint density at radius 1 is 1.05 bits per heavy atom. The van der Waals surface area contributed by atoms with Gasteiger partial charge in [-0.25, -0.2) is 0 Å². The number of hydrogen-bond acceptors (Lipinski definition) is 2. The fourth-order valence-electron chi connectivity index (χ4n) is 3.99. The molecule has 0 heterocycles. The molecule has 2 rings (SSSR count). The van der Waals surface area contributed by atoms with E-state index in [0.717, 1.165) is 36.8 Å². The second kappa shape index (κ2) is 8.51. The zero-order chi connectivity index (χ0) is 15.2. The van der Waals surface area contributed by atoms with Crippen LogP contribution in [0.2, 0.25) is 0 Å². The van der Waals surface area contributed by atoms with Gasteiger partial charge in [0.15, 0.2) is 0 Å². The highest BCUT2D eigenvalue weighted by Crippen LogP contribution is 2.41. The second-order valence-electron chi connectivity index (χ2n) is 7.60.